The number of esters is 2. The standard InChI is InChI=1S/C40H78NO4.2C3H8.C2H6.Ru/c1-4-7-10-13-16-22-30-37-44-39(42)33-27-23-29-36-41-35-28-21-17-20-26-34-40(43)45-38(31-24-18-14-11-8-5-2)32-25-19-15-12-9-6-3;2*1-3-2;1-2;/h37-38,41H,4-36H2,1-3H3;2*3H2,1-2H3;1-2H3;/q-1;;;;+1. The van der Waals surface area contributed by atoms with Crippen LogP contribution in [0.5, 0.6) is 0 Å². The summed E-state index contributed by atoms with van der Waals surface area (Å²) >= 11 is 0. The number of rotatable bonds is 37. The van der Waals surface area contributed by atoms with E-state index < -0.39 is 0 Å². The Morgan fingerprint density at radius 1 is 0.463 bits per heavy atom. The van der Waals surface area contributed by atoms with Crippen LogP contribution in [0.4, 0.5) is 0 Å². The Kier molecular flexibility index (Phi) is 71.7. The van der Waals surface area contributed by atoms with Gasteiger partial charge in [-0.2, -0.15) is 6.61 Å². The van der Waals surface area contributed by atoms with Crippen LogP contribution >= 0.6 is 0 Å². The SMILES string of the molecule is CC.CCC.CCC.CCCCCCCC[CH-]OC(=O)CCCCCNCCCCCCCC(=O)OC(CCCCCCCC)CCCCCCCC.[Ru+]. The average Bonchev–Trinajstić information content (AvgIpc) is 3.15. The molecule has 0 aromatic rings. The Bertz CT molecular complexity index is 630. The molecule has 0 fully saturated rings. The fourth-order valence-corrected chi connectivity index (χ4v) is 5.90. The number of hydrogen-bond acceptors (Lipinski definition) is 5. The minimum absolute atomic E-state index is 0. The zero-order valence-corrected chi connectivity index (χ0v) is 40.1. The van der Waals surface area contributed by atoms with Crippen LogP contribution in [-0.2, 0) is 38.5 Å². The molecule has 329 valence electrons. The Hall–Kier alpha value is -0.477. The van der Waals surface area contributed by atoms with Crippen molar-refractivity contribution in [3.63, 3.8) is 0 Å². The number of nitrogens with one attached hydrogen (secondary N) is 1. The van der Waals surface area contributed by atoms with Crippen LogP contribution in [0.15, 0.2) is 0 Å². The van der Waals surface area contributed by atoms with Crippen LogP contribution in [0.2, 0.25) is 0 Å². The first-order valence-electron chi connectivity index (χ1n) is 23.9. The zero-order valence-electron chi connectivity index (χ0n) is 38.4. The Balaban J connectivity index is -0.000000814. The van der Waals surface area contributed by atoms with Gasteiger partial charge in [-0.05, 0) is 64.5 Å². The van der Waals surface area contributed by atoms with Crippen LogP contribution in [0.1, 0.15) is 274 Å². The van der Waals surface area contributed by atoms with Crippen LogP contribution in [0, 0.1) is 6.61 Å². The van der Waals surface area contributed by atoms with Gasteiger partial charge >= 0.3 is 25.4 Å². The van der Waals surface area contributed by atoms with E-state index in [0.29, 0.717) is 12.8 Å². The molecule has 0 aromatic carbocycles. The van der Waals surface area contributed by atoms with Crippen molar-refractivity contribution in [3.05, 3.63) is 6.61 Å². The third-order valence-electron chi connectivity index (χ3n) is 8.92. The molecule has 0 aromatic heterocycles. The summed E-state index contributed by atoms with van der Waals surface area (Å²) < 4.78 is 11.2. The molecule has 0 aliphatic heterocycles. The number of hydrogen-bond donors (Lipinski definition) is 1. The van der Waals surface area contributed by atoms with Gasteiger partial charge in [-0.1, -0.05) is 204 Å². The van der Waals surface area contributed by atoms with E-state index in [2.05, 4.69) is 53.8 Å². The maximum absolute atomic E-state index is 12.6. The molecule has 0 spiro atoms. The fraction of sp³-hybridized carbons (Fsp3) is 0.938. The molecule has 5 nitrogen and oxygen atoms in total. The normalized spacial score (nSPS) is 10.3. The summed E-state index contributed by atoms with van der Waals surface area (Å²) in [5.74, 6) is -0.0541. The van der Waals surface area contributed by atoms with E-state index in [1.807, 2.05) is 13.8 Å². The largest absolute Gasteiger partial charge is 1.00 e. The van der Waals surface area contributed by atoms with Crippen LogP contribution in [-0.4, -0.2) is 31.1 Å². The van der Waals surface area contributed by atoms with E-state index in [9.17, 15) is 9.59 Å². The summed E-state index contributed by atoms with van der Waals surface area (Å²) in [5, 5.41) is 3.54. The predicted octanol–water partition coefficient (Wildman–Crippen LogP) is 16.2. The molecule has 0 unspecified atom stereocenters. The van der Waals surface area contributed by atoms with Crippen molar-refractivity contribution in [1.82, 2.24) is 5.32 Å². The second-order valence-electron chi connectivity index (χ2n) is 14.9. The number of carbonyl (C=O) groups excluding carboxylic acids is 2. The first-order chi connectivity index (χ1) is 26.0. The van der Waals surface area contributed by atoms with Gasteiger partial charge < -0.3 is 14.8 Å². The number of carbonyl (C=O) groups is 2. The number of unbranched alkanes of at least 4 members (excludes halogenated alkanes) is 22. The second kappa shape index (κ2) is 61.7. The molecule has 0 rings (SSSR count). The molecule has 0 bridgehead atoms. The fourth-order valence-electron chi connectivity index (χ4n) is 5.90. The molecule has 0 aliphatic carbocycles. The molecule has 0 saturated carbocycles. The Morgan fingerprint density at radius 3 is 1.24 bits per heavy atom. The summed E-state index contributed by atoms with van der Waals surface area (Å²) in [6, 6.07) is 0. The molecule has 0 atom stereocenters. The van der Waals surface area contributed by atoms with Gasteiger partial charge in [0.1, 0.15) is 6.10 Å². The van der Waals surface area contributed by atoms with Crippen molar-refractivity contribution in [2.75, 3.05) is 13.1 Å². The third kappa shape index (κ3) is 63.5. The van der Waals surface area contributed by atoms with E-state index in [1.165, 1.54) is 141 Å². The molecule has 54 heavy (non-hydrogen) atoms. The van der Waals surface area contributed by atoms with Gasteiger partial charge in [0.15, 0.2) is 0 Å². The summed E-state index contributed by atoms with van der Waals surface area (Å²) in [7, 11) is 0. The summed E-state index contributed by atoms with van der Waals surface area (Å²) in [5.41, 5.74) is 0. The topological polar surface area (TPSA) is 64.6 Å². The van der Waals surface area contributed by atoms with E-state index in [4.69, 9.17) is 9.47 Å². The Morgan fingerprint density at radius 2 is 0.796 bits per heavy atom. The van der Waals surface area contributed by atoms with Gasteiger partial charge in [0.05, 0.1) is 0 Å². The summed E-state index contributed by atoms with van der Waals surface area (Å²) in [6.07, 6.45) is 38.5. The van der Waals surface area contributed by atoms with Gasteiger partial charge in [-0.15, -0.1) is 6.42 Å². The quantitative estimate of drug-likeness (QED) is 0.0292. The van der Waals surface area contributed by atoms with Crippen LogP contribution in [0.3, 0.4) is 0 Å². The first-order valence-corrected chi connectivity index (χ1v) is 23.9. The van der Waals surface area contributed by atoms with Crippen molar-refractivity contribution in [3.8, 4) is 0 Å². The molecular formula is C48H100NO4Ru. The second-order valence-corrected chi connectivity index (χ2v) is 14.9. The molecule has 1 radical (unpaired) electrons. The molecular weight excluding hydrogens is 756 g/mol. The smallest absolute Gasteiger partial charge is 0.637 e. The van der Waals surface area contributed by atoms with Gasteiger partial charge in [0, 0.05) is 12.8 Å². The van der Waals surface area contributed by atoms with Crippen molar-refractivity contribution in [2.24, 2.45) is 0 Å². The van der Waals surface area contributed by atoms with Gasteiger partial charge in [-0.3, -0.25) is 9.59 Å². The van der Waals surface area contributed by atoms with Crippen molar-refractivity contribution in [2.45, 2.75) is 280 Å². The molecule has 6 heteroatoms. The third-order valence-corrected chi connectivity index (χ3v) is 8.92. The summed E-state index contributed by atoms with van der Waals surface area (Å²) in [4.78, 5) is 24.4. The Labute approximate surface area is 354 Å². The maximum atomic E-state index is 12.6. The van der Waals surface area contributed by atoms with E-state index >= 15 is 0 Å². The molecule has 0 amide bonds. The zero-order chi connectivity index (χ0) is 40.3. The maximum Gasteiger partial charge on any atom is 1.00 e. The van der Waals surface area contributed by atoms with Crippen LogP contribution in [0.25, 0.3) is 0 Å². The average molecular weight is 856 g/mol. The molecule has 0 saturated heterocycles. The monoisotopic (exact) mass is 857 g/mol. The molecule has 0 heterocycles. The molecule has 0 aliphatic rings. The minimum Gasteiger partial charge on any atom is -0.637 e. The summed E-state index contributed by atoms with van der Waals surface area (Å²) in [6.45, 7) is 23.0. The van der Waals surface area contributed by atoms with Crippen molar-refractivity contribution in [1.29, 1.82) is 0 Å². The van der Waals surface area contributed by atoms with Gasteiger partial charge in [-0.25, -0.2) is 0 Å². The van der Waals surface area contributed by atoms with Crippen molar-refractivity contribution >= 4 is 11.9 Å². The van der Waals surface area contributed by atoms with E-state index in [1.54, 1.807) is 6.61 Å². The predicted molar refractivity (Wildman–Crippen MR) is 237 cm³/mol. The van der Waals surface area contributed by atoms with E-state index in [0.717, 1.165) is 70.9 Å². The van der Waals surface area contributed by atoms with Crippen LogP contribution < -0.4 is 5.32 Å². The molecule has 1 N–H and O–H groups in total. The van der Waals surface area contributed by atoms with Gasteiger partial charge in [0.25, 0.3) is 5.97 Å². The van der Waals surface area contributed by atoms with Crippen molar-refractivity contribution < 1.29 is 38.5 Å². The van der Waals surface area contributed by atoms with E-state index in [-0.39, 0.29) is 37.5 Å². The first kappa shape index (κ1) is 62.7. The number of ether oxygens (including phenoxy) is 2. The minimum atomic E-state index is -0.0802. The van der Waals surface area contributed by atoms with Gasteiger partial charge in [0.2, 0.25) is 0 Å².